The van der Waals surface area contributed by atoms with E-state index in [9.17, 15) is 23.5 Å². The number of aliphatic carboxylic acids is 1. The average Bonchev–Trinajstić information content (AvgIpc) is 2.66. The van der Waals surface area contributed by atoms with Crippen LogP contribution in [-0.2, 0) is 9.59 Å². The fraction of sp³-hybridized carbons (Fsp3) is 0.273. The molecule has 1 aliphatic heterocycles. The van der Waals surface area contributed by atoms with Crippen molar-refractivity contribution in [2.75, 3.05) is 11.4 Å². The van der Waals surface area contributed by atoms with Crippen molar-refractivity contribution in [1.82, 2.24) is 0 Å². The minimum atomic E-state index is -1.24. The summed E-state index contributed by atoms with van der Waals surface area (Å²) in [5.41, 5.74) is -0.220. The Labute approximate surface area is 100 Å². The molecule has 0 saturated carbocycles. The number of anilines is 1. The van der Waals surface area contributed by atoms with Crippen LogP contribution in [0.4, 0.5) is 14.5 Å². The first-order chi connectivity index (χ1) is 8.40. The van der Waals surface area contributed by atoms with Gasteiger partial charge in [-0.3, -0.25) is 9.59 Å². The van der Waals surface area contributed by atoms with Gasteiger partial charge in [0.25, 0.3) is 0 Å². The zero-order valence-electron chi connectivity index (χ0n) is 9.06. The van der Waals surface area contributed by atoms with Gasteiger partial charge >= 0.3 is 5.97 Å². The molecule has 1 heterocycles. The second kappa shape index (κ2) is 4.25. The topological polar surface area (TPSA) is 77.8 Å². The minimum absolute atomic E-state index is 0.174. The molecule has 0 spiro atoms. The second-order valence-corrected chi connectivity index (χ2v) is 4.00. The molecule has 1 unspecified atom stereocenters. The molecule has 0 aliphatic carbocycles. The van der Waals surface area contributed by atoms with Crippen molar-refractivity contribution in [1.29, 1.82) is 0 Å². The van der Waals surface area contributed by atoms with Gasteiger partial charge < -0.3 is 15.1 Å². The van der Waals surface area contributed by atoms with E-state index in [0.717, 1.165) is 4.90 Å². The van der Waals surface area contributed by atoms with Crippen LogP contribution < -0.4 is 4.90 Å². The number of hydrogen-bond acceptors (Lipinski definition) is 3. The van der Waals surface area contributed by atoms with Crippen LogP contribution in [-0.4, -0.2) is 28.6 Å². The van der Waals surface area contributed by atoms with E-state index in [1.165, 1.54) is 0 Å². The number of amides is 1. The zero-order valence-corrected chi connectivity index (χ0v) is 9.06. The van der Waals surface area contributed by atoms with Gasteiger partial charge in [-0.2, -0.15) is 0 Å². The van der Waals surface area contributed by atoms with Gasteiger partial charge in [-0.05, 0) is 0 Å². The van der Waals surface area contributed by atoms with Gasteiger partial charge in [0.05, 0.1) is 11.6 Å². The van der Waals surface area contributed by atoms with E-state index in [-0.39, 0.29) is 18.7 Å². The van der Waals surface area contributed by atoms with Crippen LogP contribution in [0.25, 0.3) is 0 Å². The van der Waals surface area contributed by atoms with Gasteiger partial charge in [-0.15, -0.1) is 0 Å². The Morgan fingerprint density at radius 3 is 2.50 bits per heavy atom. The van der Waals surface area contributed by atoms with E-state index in [4.69, 9.17) is 5.11 Å². The summed E-state index contributed by atoms with van der Waals surface area (Å²) in [6.45, 7) is -0.174. The molecule has 0 aromatic heterocycles. The smallest absolute Gasteiger partial charge is 0.308 e. The Bertz CT molecular complexity index is 532. The van der Waals surface area contributed by atoms with Crippen molar-refractivity contribution in [3.8, 4) is 5.75 Å². The van der Waals surface area contributed by atoms with Crippen LogP contribution in [0.5, 0.6) is 5.75 Å². The Hall–Kier alpha value is -2.18. The van der Waals surface area contributed by atoms with Crippen molar-refractivity contribution >= 4 is 17.6 Å². The molecule has 1 saturated heterocycles. The lowest BCUT2D eigenvalue weighted by atomic mass is 10.1. The van der Waals surface area contributed by atoms with E-state index in [0.29, 0.717) is 12.1 Å². The predicted molar refractivity (Wildman–Crippen MR) is 56.1 cm³/mol. The maximum absolute atomic E-state index is 13.1. The molecule has 2 N–H and O–H groups in total. The molecule has 1 aromatic rings. The summed E-state index contributed by atoms with van der Waals surface area (Å²) in [4.78, 5) is 23.3. The first-order valence-corrected chi connectivity index (χ1v) is 5.11. The summed E-state index contributed by atoms with van der Waals surface area (Å²) in [5, 5.41) is 18.3. The number of carboxylic acids is 1. The standard InChI is InChI=1S/C11H9F2NO4/c12-6-2-8(9(15)3-7(6)13)14-4-5(11(17)18)1-10(14)16/h2-3,5,15H,1,4H2,(H,17,18). The molecular weight excluding hydrogens is 248 g/mol. The summed E-state index contributed by atoms with van der Waals surface area (Å²) in [7, 11) is 0. The maximum atomic E-state index is 13.1. The number of carbonyl (C=O) groups excluding carboxylic acids is 1. The highest BCUT2D eigenvalue weighted by Gasteiger charge is 2.36. The molecule has 96 valence electrons. The Morgan fingerprint density at radius 2 is 1.94 bits per heavy atom. The summed E-state index contributed by atoms with van der Waals surface area (Å²) in [5.74, 6) is -5.66. The number of rotatable bonds is 2. The quantitative estimate of drug-likeness (QED) is 0.831. The van der Waals surface area contributed by atoms with Gasteiger partial charge in [-0.1, -0.05) is 0 Å². The largest absolute Gasteiger partial charge is 0.506 e. The minimum Gasteiger partial charge on any atom is -0.506 e. The number of nitrogens with zero attached hydrogens (tertiary/aromatic N) is 1. The Balaban J connectivity index is 2.35. The third kappa shape index (κ3) is 1.99. The van der Waals surface area contributed by atoms with Gasteiger partial charge in [0.2, 0.25) is 5.91 Å². The number of phenols is 1. The second-order valence-electron chi connectivity index (χ2n) is 4.00. The van der Waals surface area contributed by atoms with Gasteiger partial charge in [0, 0.05) is 25.1 Å². The first-order valence-electron chi connectivity index (χ1n) is 5.11. The number of halogens is 2. The Morgan fingerprint density at radius 1 is 1.33 bits per heavy atom. The summed E-state index contributed by atoms with van der Waals surface area (Å²) in [6.07, 6.45) is -0.228. The molecule has 7 heteroatoms. The number of benzene rings is 1. The number of phenolic OH excluding ortho intramolecular Hbond substituents is 1. The molecule has 5 nitrogen and oxygen atoms in total. The highest BCUT2D eigenvalue weighted by atomic mass is 19.2. The predicted octanol–water partition coefficient (Wildman–Crippen LogP) is 1.11. The summed E-state index contributed by atoms with van der Waals surface area (Å²) in [6, 6.07) is 1.22. The van der Waals surface area contributed by atoms with E-state index >= 15 is 0 Å². The molecule has 0 radical (unpaired) electrons. The fourth-order valence-corrected chi connectivity index (χ4v) is 1.85. The molecule has 1 aromatic carbocycles. The van der Waals surface area contributed by atoms with Crippen LogP contribution in [0.15, 0.2) is 12.1 Å². The highest BCUT2D eigenvalue weighted by molar-refractivity contribution is 6.00. The first kappa shape index (κ1) is 12.3. The summed E-state index contributed by atoms with van der Waals surface area (Å²) < 4.78 is 25.9. The molecule has 1 aliphatic rings. The number of hydrogen-bond donors (Lipinski definition) is 2. The van der Waals surface area contributed by atoms with Crippen molar-refractivity contribution in [3.05, 3.63) is 23.8 Å². The van der Waals surface area contributed by atoms with Crippen molar-refractivity contribution in [3.63, 3.8) is 0 Å². The normalized spacial score (nSPS) is 19.3. The van der Waals surface area contributed by atoms with Crippen molar-refractivity contribution < 1.29 is 28.6 Å². The summed E-state index contributed by atoms with van der Waals surface area (Å²) >= 11 is 0. The van der Waals surface area contributed by atoms with E-state index in [2.05, 4.69) is 0 Å². The molecule has 0 bridgehead atoms. The van der Waals surface area contributed by atoms with Crippen LogP contribution in [0.1, 0.15) is 6.42 Å². The van der Waals surface area contributed by atoms with Gasteiger partial charge in [-0.25, -0.2) is 8.78 Å². The lowest BCUT2D eigenvalue weighted by molar-refractivity contribution is -0.141. The SMILES string of the molecule is O=C(O)C1CC(=O)N(c2cc(F)c(F)cc2O)C1. The third-order valence-electron chi connectivity index (χ3n) is 2.78. The van der Waals surface area contributed by atoms with Crippen molar-refractivity contribution in [2.24, 2.45) is 5.92 Å². The monoisotopic (exact) mass is 257 g/mol. The number of aromatic hydroxyl groups is 1. The molecule has 1 atom stereocenters. The fourth-order valence-electron chi connectivity index (χ4n) is 1.85. The van der Waals surface area contributed by atoms with E-state index < -0.39 is 35.2 Å². The highest BCUT2D eigenvalue weighted by Crippen LogP contribution is 2.33. The zero-order chi connectivity index (χ0) is 13.4. The lowest BCUT2D eigenvalue weighted by Gasteiger charge is -2.17. The van der Waals surface area contributed by atoms with Crippen molar-refractivity contribution in [2.45, 2.75) is 6.42 Å². The van der Waals surface area contributed by atoms with Crippen LogP contribution >= 0.6 is 0 Å². The van der Waals surface area contributed by atoms with Crippen LogP contribution in [0, 0.1) is 17.6 Å². The molecular formula is C11H9F2NO4. The van der Waals surface area contributed by atoms with Gasteiger partial charge in [0.1, 0.15) is 5.75 Å². The van der Waals surface area contributed by atoms with E-state index in [1.807, 2.05) is 0 Å². The molecule has 18 heavy (non-hydrogen) atoms. The van der Waals surface area contributed by atoms with Crippen LogP contribution in [0.2, 0.25) is 0 Å². The molecule has 2 rings (SSSR count). The maximum Gasteiger partial charge on any atom is 0.308 e. The van der Waals surface area contributed by atoms with Gasteiger partial charge in [0.15, 0.2) is 11.6 Å². The van der Waals surface area contributed by atoms with E-state index in [1.54, 1.807) is 0 Å². The Kier molecular flexibility index (Phi) is 2.90. The third-order valence-corrected chi connectivity index (χ3v) is 2.78. The molecule has 1 fully saturated rings. The van der Waals surface area contributed by atoms with Crippen LogP contribution in [0.3, 0.4) is 0 Å². The average molecular weight is 257 g/mol. The number of carbonyl (C=O) groups is 2. The lowest BCUT2D eigenvalue weighted by Crippen LogP contribution is -2.26. The molecule has 1 amide bonds. The number of carboxylic acid groups (broad SMARTS) is 1.